The molecule has 0 aliphatic carbocycles. The number of rotatable bonds is 3. The topological polar surface area (TPSA) is 49.8 Å². The number of aliphatic hydroxyl groups is 1. The van der Waals surface area contributed by atoms with E-state index in [-0.39, 0.29) is 30.1 Å². The lowest BCUT2D eigenvalue weighted by atomic mass is 9.87. The van der Waals surface area contributed by atoms with Crippen LogP contribution in [0.15, 0.2) is 0 Å². The molecular formula is C12H23NO3. The van der Waals surface area contributed by atoms with Crippen molar-refractivity contribution in [1.29, 1.82) is 0 Å². The summed E-state index contributed by atoms with van der Waals surface area (Å²) in [4.78, 5) is 14.2. The molecule has 1 amide bonds. The number of morpholine rings is 1. The Morgan fingerprint density at radius 2 is 2.19 bits per heavy atom. The average Bonchev–Trinajstić information content (AvgIpc) is 2.29. The van der Waals surface area contributed by atoms with Gasteiger partial charge >= 0.3 is 0 Å². The molecule has 4 nitrogen and oxygen atoms in total. The molecule has 0 aromatic carbocycles. The molecule has 1 N–H and O–H groups in total. The first-order valence-corrected chi connectivity index (χ1v) is 5.96. The first kappa shape index (κ1) is 13.5. The molecule has 2 unspecified atom stereocenters. The van der Waals surface area contributed by atoms with Crippen LogP contribution in [0.1, 0.15) is 34.1 Å². The summed E-state index contributed by atoms with van der Waals surface area (Å²) >= 11 is 0. The lowest BCUT2D eigenvalue weighted by Crippen LogP contribution is -2.55. The van der Waals surface area contributed by atoms with Crippen molar-refractivity contribution in [1.82, 2.24) is 4.90 Å². The maximum absolute atomic E-state index is 12.3. The SMILES string of the molecule is CCC(C)(C)C(=O)N1CC(CO)OCC1C. The number of carbonyl (C=O) groups excluding carboxylic acids is 1. The van der Waals surface area contributed by atoms with E-state index in [1.165, 1.54) is 0 Å². The van der Waals surface area contributed by atoms with Crippen LogP contribution < -0.4 is 0 Å². The van der Waals surface area contributed by atoms with Crippen molar-refractivity contribution >= 4 is 5.91 Å². The molecule has 1 fully saturated rings. The number of hydrogen-bond acceptors (Lipinski definition) is 3. The van der Waals surface area contributed by atoms with Crippen molar-refractivity contribution in [3.63, 3.8) is 0 Å². The van der Waals surface area contributed by atoms with Crippen LogP contribution in [0.4, 0.5) is 0 Å². The molecule has 0 radical (unpaired) electrons. The minimum Gasteiger partial charge on any atom is -0.394 e. The maximum Gasteiger partial charge on any atom is 0.228 e. The van der Waals surface area contributed by atoms with Gasteiger partial charge in [-0.05, 0) is 13.3 Å². The third-order valence-corrected chi connectivity index (χ3v) is 3.43. The molecule has 94 valence electrons. The molecule has 0 aromatic rings. The Kier molecular flexibility index (Phi) is 4.33. The van der Waals surface area contributed by atoms with E-state index < -0.39 is 0 Å². The Morgan fingerprint density at radius 3 is 2.69 bits per heavy atom. The van der Waals surface area contributed by atoms with Crippen LogP contribution in [0.3, 0.4) is 0 Å². The van der Waals surface area contributed by atoms with Crippen molar-refractivity contribution < 1.29 is 14.6 Å². The highest BCUT2D eigenvalue weighted by atomic mass is 16.5. The van der Waals surface area contributed by atoms with Gasteiger partial charge in [0.15, 0.2) is 0 Å². The Morgan fingerprint density at radius 1 is 1.56 bits per heavy atom. The Labute approximate surface area is 97.6 Å². The van der Waals surface area contributed by atoms with Gasteiger partial charge in [-0.2, -0.15) is 0 Å². The van der Waals surface area contributed by atoms with Gasteiger partial charge in [0, 0.05) is 12.0 Å². The second kappa shape index (κ2) is 5.15. The first-order valence-electron chi connectivity index (χ1n) is 5.96. The van der Waals surface area contributed by atoms with Gasteiger partial charge in [0.1, 0.15) is 0 Å². The normalized spacial score (nSPS) is 26.9. The number of hydrogen-bond donors (Lipinski definition) is 1. The molecule has 0 aromatic heterocycles. The fourth-order valence-corrected chi connectivity index (χ4v) is 1.75. The van der Waals surface area contributed by atoms with E-state index in [1.807, 2.05) is 32.6 Å². The van der Waals surface area contributed by atoms with Crippen molar-refractivity contribution in [2.45, 2.75) is 46.3 Å². The third-order valence-electron chi connectivity index (χ3n) is 3.43. The molecule has 0 bridgehead atoms. The molecule has 1 heterocycles. The maximum atomic E-state index is 12.3. The quantitative estimate of drug-likeness (QED) is 0.786. The van der Waals surface area contributed by atoms with Gasteiger partial charge in [0.25, 0.3) is 0 Å². The van der Waals surface area contributed by atoms with E-state index >= 15 is 0 Å². The molecule has 2 atom stereocenters. The summed E-state index contributed by atoms with van der Waals surface area (Å²) in [6, 6.07) is 0.0983. The number of ether oxygens (including phenoxy) is 1. The molecule has 0 saturated carbocycles. The molecule has 1 aliphatic rings. The largest absolute Gasteiger partial charge is 0.394 e. The molecular weight excluding hydrogens is 206 g/mol. The fourth-order valence-electron chi connectivity index (χ4n) is 1.75. The van der Waals surface area contributed by atoms with E-state index in [0.717, 1.165) is 6.42 Å². The summed E-state index contributed by atoms with van der Waals surface area (Å²) in [7, 11) is 0. The molecule has 16 heavy (non-hydrogen) atoms. The standard InChI is InChI=1S/C12H23NO3/c1-5-12(3,4)11(15)13-6-10(7-14)16-8-9(13)2/h9-10,14H,5-8H2,1-4H3. The molecule has 1 saturated heterocycles. The van der Waals surface area contributed by atoms with Crippen molar-refractivity contribution in [2.24, 2.45) is 5.41 Å². The minimum atomic E-state index is -0.328. The highest BCUT2D eigenvalue weighted by Crippen LogP contribution is 2.26. The average molecular weight is 229 g/mol. The first-order chi connectivity index (χ1) is 7.42. The van der Waals surface area contributed by atoms with Crippen LogP contribution in [-0.2, 0) is 9.53 Å². The van der Waals surface area contributed by atoms with Crippen molar-refractivity contribution in [2.75, 3.05) is 19.8 Å². The molecule has 0 spiro atoms. The van der Waals surface area contributed by atoms with Crippen LogP contribution >= 0.6 is 0 Å². The highest BCUT2D eigenvalue weighted by molar-refractivity contribution is 5.82. The van der Waals surface area contributed by atoms with Crippen LogP contribution in [0.5, 0.6) is 0 Å². The lowest BCUT2D eigenvalue weighted by molar-refractivity contribution is -0.155. The van der Waals surface area contributed by atoms with Gasteiger partial charge in [0.2, 0.25) is 5.91 Å². The fraction of sp³-hybridized carbons (Fsp3) is 0.917. The lowest BCUT2D eigenvalue weighted by Gasteiger charge is -2.41. The van der Waals surface area contributed by atoms with Gasteiger partial charge < -0.3 is 14.7 Å². The monoisotopic (exact) mass is 229 g/mol. The second-order valence-corrected chi connectivity index (χ2v) is 5.18. The van der Waals surface area contributed by atoms with Crippen LogP contribution in [0, 0.1) is 5.41 Å². The van der Waals surface area contributed by atoms with Crippen molar-refractivity contribution in [3.05, 3.63) is 0 Å². The Hall–Kier alpha value is -0.610. The van der Waals surface area contributed by atoms with Gasteiger partial charge in [-0.25, -0.2) is 0 Å². The number of nitrogens with zero attached hydrogens (tertiary/aromatic N) is 1. The minimum absolute atomic E-state index is 0.0247. The van der Waals surface area contributed by atoms with E-state index in [0.29, 0.717) is 13.2 Å². The zero-order valence-corrected chi connectivity index (χ0v) is 10.7. The number of amides is 1. The Bertz CT molecular complexity index is 253. The summed E-state index contributed by atoms with van der Waals surface area (Å²) in [6.45, 7) is 8.92. The summed E-state index contributed by atoms with van der Waals surface area (Å²) in [6.07, 6.45) is 0.590. The van der Waals surface area contributed by atoms with E-state index in [4.69, 9.17) is 9.84 Å². The van der Waals surface area contributed by atoms with Gasteiger partial charge in [-0.1, -0.05) is 20.8 Å². The summed E-state index contributed by atoms with van der Waals surface area (Å²) in [5, 5.41) is 9.07. The van der Waals surface area contributed by atoms with Gasteiger partial charge in [-0.15, -0.1) is 0 Å². The second-order valence-electron chi connectivity index (χ2n) is 5.18. The predicted octanol–water partition coefficient (Wildman–Crippen LogP) is 1.03. The van der Waals surface area contributed by atoms with Gasteiger partial charge in [0.05, 0.1) is 25.4 Å². The molecule has 1 rings (SSSR count). The summed E-state index contributed by atoms with van der Waals surface area (Å²) < 4.78 is 5.42. The Balaban J connectivity index is 2.73. The van der Waals surface area contributed by atoms with Gasteiger partial charge in [-0.3, -0.25) is 4.79 Å². The number of carbonyl (C=O) groups is 1. The predicted molar refractivity (Wildman–Crippen MR) is 62.1 cm³/mol. The third kappa shape index (κ3) is 2.74. The van der Waals surface area contributed by atoms with Crippen LogP contribution in [0.2, 0.25) is 0 Å². The highest BCUT2D eigenvalue weighted by Gasteiger charge is 2.36. The summed E-state index contributed by atoms with van der Waals surface area (Å²) in [5.74, 6) is 0.157. The van der Waals surface area contributed by atoms with Crippen molar-refractivity contribution in [3.8, 4) is 0 Å². The van der Waals surface area contributed by atoms with Crippen LogP contribution in [0.25, 0.3) is 0 Å². The zero-order chi connectivity index (χ0) is 12.3. The molecule has 1 aliphatic heterocycles. The smallest absolute Gasteiger partial charge is 0.228 e. The zero-order valence-electron chi connectivity index (χ0n) is 10.7. The van der Waals surface area contributed by atoms with E-state index in [2.05, 4.69) is 0 Å². The molecule has 4 heteroatoms. The number of aliphatic hydroxyl groups excluding tert-OH is 1. The van der Waals surface area contributed by atoms with E-state index in [9.17, 15) is 4.79 Å². The summed E-state index contributed by atoms with van der Waals surface area (Å²) in [5.41, 5.74) is -0.328. The van der Waals surface area contributed by atoms with Crippen LogP contribution in [-0.4, -0.2) is 47.8 Å². The van der Waals surface area contributed by atoms with E-state index in [1.54, 1.807) is 0 Å².